The van der Waals surface area contributed by atoms with Gasteiger partial charge in [0.1, 0.15) is 16.9 Å². The molecule has 4 aromatic rings. The summed E-state index contributed by atoms with van der Waals surface area (Å²) in [6, 6.07) is 10.9. The second-order valence-corrected chi connectivity index (χ2v) is 7.64. The SMILES string of the molecule is O=C(NC[C@@H](O)CO)c1c(O)c2ncc(Cc3ccc(F)cc3)cc2n(-c2cccnc2)c1=O. The molecule has 0 radical (unpaired) electrons. The van der Waals surface area contributed by atoms with E-state index >= 15 is 0 Å². The molecule has 0 aliphatic rings. The fourth-order valence-corrected chi connectivity index (χ4v) is 3.53. The Morgan fingerprint density at radius 3 is 2.59 bits per heavy atom. The van der Waals surface area contributed by atoms with E-state index in [0.29, 0.717) is 17.7 Å². The van der Waals surface area contributed by atoms with Gasteiger partial charge < -0.3 is 20.6 Å². The number of aliphatic hydroxyl groups excluding tert-OH is 2. The van der Waals surface area contributed by atoms with Gasteiger partial charge in [0.25, 0.3) is 11.5 Å². The van der Waals surface area contributed by atoms with Gasteiger partial charge in [-0.3, -0.25) is 24.1 Å². The highest BCUT2D eigenvalue weighted by molar-refractivity contribution is 6.01. The number of rotatable bonds is 7. The summed E-state index contributed by atoms with van der Waals surface area (Å²) in [5.74, 6) is -1.88. The summed E-state index contributed by atoms with van der Waals surface area (Å²) in [5, 5.41) is 31.6. The van der Waals surface area contributed by atoms with Gasteiger partial charge in [0.15, 0.2) is 5.75 Å². The molecule has 174 valence electrons. The average molecular weight is 464 g/mol. The van der Waals surface area contributed by atoms with Gasteiger partial charge >= 0.3 is 0 Å². The lowest BCUT2D eigenvalue weighted by Crippen LogP contribution is -2.38. The quantitative estimate of drug-likeness (QED) is 0.323. The number of benzene rings is 1. The number of nitrogens with one attached hydrogen (secondary N) is 1. The lowest BCUT2D eigenvalue weighted by atomic mass is 10.0. The van der Waals surface area contributed by atoms with Crippen LogP contribution in [0.15, 0.2) is 65.8 Å². The Balaban J connectivity index is 1.87. The Bertz CT molecular complexity index is 1390. The number of hydrogen-bond donors (Lipinski definition) is 4. The molecule has 0 bridgehead atoms. The van der Waals surface area contributed by atoms with Crippen molar-refractivity contribution in [1.29, 1.82) is 0 Å². The van der Waals surface area contributed by atoms with E-state index in [2.05, 4.69) is 15.3 Å². The van der Waals surface area contributed by atoms with E-state index in [9.17, 15) is 24.2 Å². The van der Waals surface area contributed by atoms with Crippen LogP contribution in [0.1, 0.15) is 21.5 Å². The largest absolute Gasteiger partial charge is 0.505 e. The lowest BCUT2D eigenvalue weighted by molar-refractivity contribution is 0.0799. The number of hydrogen-bond acceptors (Lipinski definition) is 7. The summed E-state index contributed by atoms with van der Waals surface area (Å²) in [4.78, 5) is 34.5. The molecule has 4 N–H and O–H groups in total. The van der Waals surface area contributed by atoms with Crippen LogP contribution in [0.4, 0.5) is 4.39 Å². The Hall–Kier alpha value is -4.15. The Morgan fingerprint density at radius 1 is 1.15 bits per heavy atom. The van der Waals surface area contributed by atoms with Gasteiger partial charge in [0, 0.05) is 18.9 Å². The maximum absolute atomic E-state index is 13.4. The number of carbonyl (C=O) groups excluding carboxylic acids is 1. The Morgan fingerprint density at radius 2 is 1.91 bits per heavy atom. The van der Waals surface area contributed by atoms with E-state index < -0.39 is 35.5 Å². The molecular formula is C24H21FN4O5. The third kappa shape index (κ3) is 4.63. The van der Waals surface area contributed by atoms with Gasteiger partial charge in [-0.1, -0.05) is 12.1 Å². The van der Waals surface area contributed by atoms with Crippen molar-refractivity contribution in [3.05, 3.63) is 93.9 Å². The number of aromatic hydroxyl groups is 1. The predicted octanol–water partition coefficient (Wildman–Crippen LogP) is 1.30. The fraction of sp³-hybridized carbons (Fsp3) is 0.167. The maximum Gasteiger partial charge on any atom is 0.272 e. The molecule has 4 rings (SSSR count). The zero-order valence-electron chi connectivity index (χ0n) is 17.8. The normalized spacial score (nSPS) is 12.0. The van der Waals surface area contributed by atoms with Crippen molar-refractivity contribution in [1.82, 2.24) is 19.9 Å². The molecule has 0 aliphatic carbocycles. The first-order chi connectivity index (χ1) is 16.4. The molecule has 1 atom stereocenters. The van der Waals surface area contributed by atoms with E-state index in [4.69, 9.17) is 5.11 Å². The minimum Gasteiger partial charge on any atom is -0.505 e. The van der Waals surface area contributed by atoms with Gasteiger partial charge in [0.05, 0.1) is 30.1 Å². The second-order valence-electron chi connectivity index (χ2n) is 7.64. The Kier molecular flexibility index (Phi) is 6.62. The summed E-state index contributed by atoms with van der Waals surface area (Å²) in [5.41, 5.74) is 0.762. The number of carbonyl (C=O) groups is 1. The summed E-state index contributed by atoms with van der Waals surface area (Å²) in [6.45, 7) is -0.897. The molecule has 34 heavy (non-hydrogen) atoms. The van der Waals surface area contributed by atoms with Gasteiger partial charge in [-0.05, 0) is 47.9 Å². The summed E-state index contributed by atoms with van der Waals surface area (Å²) < 4.78 is 14.5. The number of aromatic nitrogens is 3. The summed E-state index contributed by atoms with van der Waals surface area (Å²) >= 11 is 0. The van der Waals surface area contributed by atoms with Crippen molar-refractivity contribution in [3.63, 3.8) is 0 Å². The average Bonchev–Trinajstić information content (AvgIpc) is 2.84. The third-order valence-electron chi connectivity index (χ3n) is 5.20. The number of fused-ring (bicyclic) bond motifs is 1. The smallest absolute Gasteiger partial charge is 0.272 e. The highest BCUT2D eigenvalue weighted by Gasteiger charge is 2.24. The zero-order chi connectivity index (χ0) is 24.2. The van der Waals surface area contributed by atoms with E-state index in [1.807, 2.05) is 0 Å². The van der Waals surface area contributed by atoms with Crippen molar-refractivity contribution >= 4 is 16.9 Å². The van der Waals surface area contributed by atoms with Crippen LogP contribution in [0, 0.1) is 5.82 Å². The van der Waals surface area contributed by atoms with Gasteiger partial charge in [-0.15, -0.1) is 0 Å². The summed E-state index contributed by atoms with van der Waals surface area (Å²) in [6.07, 6.45) is 3.63. The Labute approximate surface area is 192 Å². The minimum atomic E-state index is -1.22. The number of nitrogens with zero attached hydrogens (tertiary/aromatic N) is 3. The van der Waals surface area contributed by atoms with Crippen LogP contribution < -0.4 is 10.9 Å². The van der Waals surface area contributed by atoms with Crippen LogP contribution in [0.25, 0.3) is 16.7 Å². The number of aliphatic hydroxyl groups is 2. The molecule has 0 saturated heterocycles. The number of amides is 1. The van der Waals surface area contributed by atoms with Crippen molar-refractivity contribution in [2.75, 3.05) is 13.2 Å². The van der Waals surface area contributed by atoms with E-state index in [1.54, 1.807) is 30.3 Å². The van der Waals surface area contributed by atoms with Gasteiger partial charge in [0.2, 0.25) is 0 Å². The van der Waals surface area contributed by atoms with Crippen molar-refractivity contribution < 1.29 is 24.5 Å². The monoisotopic (exact) mass is 464 g/mol. The molecule has 0 spiro atoms. The third-order valence-corrected chi connectivity index (χ3v) is 5.20. The first kappa shape index (κ1) is 23.0. The van der Waals surface area contributed by atoms with Crippen molar-refractivity contribution in [2.45, 2.75) is 12.5 Å². The van der Waals surface area contributed by atoms with E-state index in [-0.39, 0.29) is 23.4 Å². The number of halogens is 1. The second kappa shape index (κ2) is 9.77. The molecule has 0 saturated carbocycles. The first-order valence-corrected chi connectivity index (χ1v) is 10.4. The molecular weight excluding hydrogens is 443 g/mol. The molecule has 0 unspecified atom stereocenters. The van der Waals surface area contributed by atoms with Gasteiger partial charge in [-0.25, -0.2) is 4.39 Å². The van der Waals surface area contributed by atoms with Gasteiger partial charge in [-0.2, -0.15) is 0 Å². The van der Waals surface area contributed by atoms with Crippen molar-refractivity contribution in [2.24, 2.45) is 0 Å². The van der Waals surface area contributed by atoms with E-state index in [1.165, 1.54) is 35.3 Å². The fourth-order valence-electron chi connectivity index (χ4n) is 3.53. The summed E-state index contributed by atoms with van der Waals surface area (Å²) in [7, 11) is 0. The van der Waals surface area contributed by atoms with Crippen LogP contribution in [0.5, 0.6) is 5.75 Å². The molecule has 10 heteroatoms. The molecule has 3 aromatic heterocycles. The number of pyridine rings is 3. The van der Waals surface area contributed by atoms with E-state index in [0.717, 1.165) is 5.56 Å². The minimum absolute atomic E-state index is 0.0131. The van der Waals surface area contributed by atoms with Crippen molar-refractivity contribution in [3.8, 4) is 11.4 Å². The topological polar surface area (TPSA) is 138 Å². The molecule has 0 aliphatic heterocycles. The van der Waals surface area contributed by atoms with Crippen LogP contribution in [-0.2, 0) is 6.42 Å². The zero-order valence-corrected chi connectivity index (χ0v) is 17.8. The van der Waals surface area contributed by atoms with Crippen LogP contribution in [-0.4, -0.2) is 55.0 Å². The first-order valence-electron chi connectivity index (χ1n) is 10.4. The van der Waals surface area contributed by atoms with Crippen LogP contribution in [0.3, 0.4) is 0 Å². The highest BCUT2D eigenvalue weighted by atomic mass is 19.1. The standard InChI is InChI=1S/C24H21FN4O5/c25-16-5-3-14(4-6-16)8-15-9-19-21(27-10-15)22(32)20(23(33)28-12-18(31)13-30)24(34)29(19)17-2-1-7-26-11-17/h1-7,9-11,18,30-32H,8,12-13H2,(H,28,33)/t18-/m1/s1. The maximum atomic E-state index is 13.4. The molecule has 0 fully saturated rings. The molecule has 3 heterocycles. The molecule has 1 amide bonds. The molecule has 9 nitrogen and oxygen atoms in total. The van der Waals surface area contributed by atoms with Crippen LogP contribution in [0.2, 0.25) is 0 Å². The van der Waals surface area contributed by atoms with Crippen LogP contribution >= 0.6 is 0 Å². The molecule has 1 aromatic carbocycles. The lowest BCUT2D eigenvalue weighted by Gasteiger charge is -2.16. The highest BCUT2D eigenvalue weighted by Crippen LogP contribution is 2.27. The predicted molar refractivity (Wildman–Crippen MR) is 121 cm³/mol.